The van der Waals surface area contributed by atoms with Crippen LogP contribution in [0.3, 0.4) is 0 Å². The molecule has 1 aromatic carbocycles. The van der Waals surface area contributed by atoms with Gasteiger partial charge in [-0.1, -0.05) is 22.0 Å². The van der Waals surface area contributed by atoms with Crippen molar-refractivity contribution in [2.45, 2.75) is 17.9 Å². The molecule has 0 fully saturated rings. The van der Waals surface area contributed by atoms with Gasteiger partial charge in [-0.2, -0.15) is 13.2 Å². The molecule has 0 spiro atoms. The summed E-state index contributed by atoms with van der Waals surface area (Å²) in [5.74, 6) is -1.37. The maximum absolute atomic E-state index is 12.4. The molecule has 1 N–H and O–H groups in total. The summed E-state index contributed by atoms with van der Waals surface area (Å²) in [6.07, 6.45) is -4.53. The summed E-state index contributed by atoms with van der Waals surface area (Å²) in [6, 6.07) is 2.70. The summed E-state index contributed by atoms with van der Waals surface area (Å²) in [4.78, 5) is 10.5. The SMILES string of the molecule is CC(Br)c1ccc(C(F)(F)F)cc1C(=O)O. The van der Waals surface area contributed by atoms with Gasteiger partial charge in [0.2, 0.25) is 0 Å². The number of hydrogen-bond donors (Lipinski definition) is 1. The van der Waals surface area contributed by atoms with Crippen LogP contribution in [0.25, 0.3) is 0 Å². The Morgan fingerprint density at radius 3 is 2.38 bits per heavy atom. The van der Waals surface area contributed by atoms with E-state index in [2.05, 4.69) is 15.9 Å². The molecule has 88 valence electrons. The van der Waals surface area contributed by atoms with E-state index in [4.69, 9.17) is 5.11 Å². The summed E-state index contributed by atoms with van der Waals surface area (Å²) in [5, 5.41) is 8.82. The van der Waals surface area contributed by atoms with Crippen molar-refractivity contribution >= 4 is 21.9 Å². The van der Waals surface area contributed by atoms with Gasteiger partial charge in [-0.15, -0.1) is 0 Å². The van der Waals surface area contributed by atoms with Crippen molar-refractivity contribution in [3.05, 3.63) is 34.9 Å². The standard InChI is InChI=1S/C10H8BrF3O2/c1-5(11)7-3-2-6(10(12,13)14)4-8(7)9(15)16/h2-5H,1H3,(H,15,16). The molecular weight excluding hydrogens is 289 g/mol. The lowest BCUT2D eigenvalue weighted by molar-refractivity contribution is -0.137. The number of benzene rings is 1. The molecule has 0 saturated carbocycles. The summed E-state index contributed by atoms with van der Waals surface area (Å²) in [7, 11) is 0. The minimum atomic E-state index is -4.53. The van der Waals surface area contributed by atoms with Crippen LogP contribution in [-0.4, -0.2) is 11.1 Å². The molecule has 1 aromatic rings. The highest BCUT2D eigenvalue weighted by Crippen LogP contribution is 2.33. The number of rotatable bonds is 2. The number of alkyl halides is 4. The van der Waals surface area contributed by atoms with Gasteiger partial charge in [-0.3, -0.25) is 0 Å². The third kappa shape index (κ3) is 2.75. The zero-order chi connectivity index (χ0) is 12.5. The Labute approximate surface area is 98.2 Å². The number of carbonyl (C=O) groups is 1. The van der Waals surface area contributed by atoms with E-state index in [0.29, 0.717) is 11.6 Å². The van der Waals surface area contributed by atoms with E-state index in [0.717, 1.165) is 6.07 Å². The van der Waals surface area contributed by atoms with Crippen molar-refractivity contribution in [3.63, 3.8) is 0 Å². The molecule has 0 heterocycles. The smallest absolute Gasteiger partial charge is 0.416 e. The largest absolute Gasteiger partial charge is 0.478 e. The van der Waals surface area contributed by atoms with Gasteiger partial charge in [-0.25, -0.2) is 4.79 Å². The fourth-order valence-electron chi connectivity index (χ4n) is 1.26. The number of carboxylic acids is 1. The minimum Gasteiger partial charge on any atom is -0.478 e. The normalized spacial score (nSPS) is 13.6. The predicted molar refractivity (Wildman–Crippen MR) is 55.7 cm³/mol. The summed E-state index contributed by atoms with van der Waals surface area (Å²) in [6.45, 7) is 1.65. The van der Waals surface area contributed by atoms with Gasteiger partial charge in [0.1, 0.15) is 0 Å². The van der Waals surface area contributed by atoms with Gasteiger partial charge < -0.3 is 5.11 Å². The van der Waals surface area contributed by atoms with Gasteiger partial charge in [0, 0.05) is 4.83 Å². The molecule has 1 rings (SSSR count). The van der Waals surface area contributed by atoms with Crippen LogP contribution in [0, 0.1) is 0 Å². The van der Waals surface area contributed by atoms with Crippen LogP contribution in [0.1, 0.15) is 33.2 Å². The molecule has 0 saturated heterocycles. The van der Waals surface area contributed by atoms with Crippen LogP contribution in [-0.2, 0) is 6.18 Å². The first kappa shape index (κ1) is 13.0. The fraction of sp³-hybridized carbons (Fsp3) is 0.300. The Balaban J connectivity index is 3.34. The van der Waals surface area contributed by atoms with Crippen LogP contribution in [0.2, 0.25) is 0 Å². The maximum Gasteiger partial charge on any atom is 0.416 e. The first-order valence-corrected chi connectivity index (χ1v) is 5.23. The first-order valence-electron chi connectivity index (χ1n) is 4.32. The van der Waals surface area contributed by atoms with E-state index < -0.39 is 17.7 Å². The molecule has 16 heavy (non-hydrogen) atoms. The third-order valence-electron chi connectivity index (χ3n) is 2.04. The van der Waals surface area contributed by atoms with Crippen molar-refractivity contribution < 1.29 is 23.1 Å². The summed E-state index contributed by atoms with van der Waals surface area (Å²) >= 11 is 3.13. The zero-order valence-electron chi connectivity index (χ0n) is 8.18. The molecule has 1 atom stereocenters. The average molecular weight is 297 g/mol. The quantitative estimate of drug-likeness (QED) is 0.842. The number of hydrogen-bond acceptors (Lipinski definition) is 1. The average Bonchev–Trinajstić information content (AvgIpc) is 2.15. The third-order valence-corrected chi connectivity index (χ3v) is 2.53. The molecule has 0 amide bonds. The van der Waals surface area contributed by atoms with Crippen molar-refractivity contribution in [1.29, 1.82) is 0 Å². The van der Waals surface area contributed by atoms with E-state index in [1.165, 1.54) is 6.07 Å². The Bertz CT molecular complexity index is 413. The summed E-state index contributed by atoms with van der Waals surface area (Å²) in [5.41, 5.74) is -0.971. The lowest BCUT2D eigenvalue weighted by atomic mass is 10.0. The van der Waals surface area contributed by atoms with Crippen LogP contribution >= 0.6 is 15.9 Å². The van der Waals surface area contributed by atoms with Gasteiger partial charge in [0.05, 0.1) is 11.1 Å². The number of halogens is 4. The number of aromatic carboxylic acids is 1. The Morgan fingerprint density at radius 2 is 2.00 bits per heavy atom. The maximum atomic E-state index is 12.4. The van der Waals surface area contributed by atoms with E-state index in [1.807, 2.05) is 0 Å². The molecule has 0 aliphatic rings. The molecule has 0 aliphatic carbocycles. The van der Waals surface area contributed by atoms with Crippen molar-refractivity contribution in [3.8, 4) is 0 Å². The van der Waals surface area contributed by atoms with E-state index in [9.17, 15) is 18.0 Å². The second kappa shape index (κ2) is 4.45. The van der Waals surface area contributed by atoms with Gasteiger partial charge in [0.15, 0.2) is 0 Å². The second-order valence-corrected chi connectivity index (χ2v) is 4.59. The topological polar surface area (TPSA) is 37.3 Å². The van der Waals surface area contributed by atoms with Crippen LogP contribution in [0.15, 0.2) is 18.2 Å². The van der Waals surface area contributed by atoms with Gasteiger partial charge in [0.25, 0.3) is 0 Å². The fourth-order valence-corrected chi connectivity index (χ4v) is 1.66. The summed E-state index contributed by atoms with van der Waals surface area (Å²) < 4.78 is 37.1. The monoisotopic (exact) mass is 296 g/mol. The lowest BCUT2D eigenvalue weighted by Gasteiger charge is -2.12. The predicted octanol–water partition coefficient (Wildman–Crippen LogP) is 3.86. The molecule has 0 radical (unpaired) electrons. The first-order chi connectivity index (χ1) is 7.23. The molecule has 0 aromatic heterocycles. The highest BCUT2D eigenvalue weighted by molar-refractivity contribution is 9.09. The zero-order valence-corrected chi connectivity index (χ0v) is 9.76. The molecule has 2 nitrogen and oxygen atoms in total. The Hall–Kier alpha value is -1.04. The van der Waals surface area contributed by atoms with Crippen LogP contribution in [0.5, 0.6) is 0 Å². The van der Waals surface area contributed by atoms with Crippen LogP contribution in [0.4, 0.5) is 13.2 Å². The van der Waals surface area contributed by atoms with E-state index >= 15 is 0 Å². The van der Waals surface area contributed by atoms with E-state index in [-0.39, 0.29) is 10.4 Å². The Kier molecular flexibility index (Phi) is 3.62. The lowest BCUT2D eigenvalue weighted by Crippen LogP contribution is -2.10. The molecule has 0 aliphatic heterocycles. The van der Waals surface area contributed by atoms with Crippen molar-refractivity contribution in [2.24, 2.45) is 0 Å². The van der Waals surface area contributed by atoms with Crippen LogP contribution < -0.4 is 0 Å². The van der Waals surface area contributed by atoms with Crippen molar-refractivity contribution in [2.75, 3.05) is 0 Å². The molecular formula is C10H8BrF3O2. The minimum absolute atomic E-state index is 0.319. The second-order valence-electron chi connectivity index (χ2n) is 3.22. The van der Waals surface area contributed by atoms with Gasteiger partial charge in [-0.05, 0) is 24.6 Å². The Morgan fingerprint density at radius 1 is 1.44 bits per heavy atom. The highest BCUT2D eigenvalue weighted by atomic mass is 79.9. The van der Waals surface area contributed by atoms with Gasteiger partial charge >= 0.3 is 12.1 Å². The van der Waals surface area contributed by atoms with Crippen molar-refractivity contribution in [1.82, 2.24) is 0 Å². The number of carboxylic acid groups (broad SMARTS) is 1. The molecule has 6 heteroatoms. The molecule has 1 unspecified atom stereocenters. The highest BCUT2D eigenvalue weighted by Gasteiger charge is 2.32. The molecule has 0 bridgehead atoms. The van der Waals surface area contributed by atoms with E-state index in [1.54, 1.807) is 6.92 Å².